The highest BCUT2D eigenvalue weighted by Gasteiger charge is 2.21. The minimum absolute atomic E-state index is 0.0257. The Kier molecular flexibility index (Phi) is 5.33. The minimum atomic E-state index is -0.0257. The van der Waals surface area contributed by atoms with Crippen molar-refractivity contribution in [1.82, 2.24) is 9.80 Å². The molecule has 0 spiro atoms. The molecule has 1 N–H and O–H groups in total. The van der Waals surface area contributed by atoms with Gasteiger partial charge >= 0.3 is 6.03 Å². The summed E-state index contributed by atoms with van der Waals surface area (Å²) in [5, 5.41) is 2.94. The summed E-state index contributed by atoms with van der Waals surface area (Å²) >= 11 is 0. The lowest BCUT2D eigenvalue weighted by atomic mass is 10.2. The fourth-order valence-electron chi connectivity index (χ4n) is 2.86. The molecule has 5 nitrogen and oxygen atoms in total. The molecule has 1 aliphatic heterocycles. The Morgan fingerprint density at radius 2 is 1.79 bits per heavy atom. The summed E-state index contributed by atoms with van der Waals surface area (Å²) in [6.45, 7) is 4.11. The molecule has 5 heteroatoms. The van der Waals surface area contributed by atoms with Crippen molar-refractivity contribution in [3.8, 4) is 5.75 Å². The maximum absolute atomic E-state index is 12.3. The summed E-state index contributed by atoms with van der Waals surface area (Å²) in [6, 6.07) is 17.7. The molecule has 0 saturated carbocycles. The number of hydrogen-bond donors (Lipinski definition) is 1. The topological polar surface area (TPSA) is 44.8 Å². The molecular weight excluding hydrogens is 302 g/mol. The van der Waals surface area contributed by atoms with Gasteiger partial charge in [0.2, 0.25) is 0 Å². The highest BCUT2D eigenvalue weighted by molar-refractivity contribution is 5.89. The number of amides is 2. The van der Waals surface area contributed by atoms with E-state index in [2.05, 4.69) is 22.3 Å². The first-order valence-corrected chi connectivity index (χ1v) is 8.21. The van der Waals surface area contributed by atoms with Crippen molar-refractivity contribution < 1.29 is 9.53 Å². The van der Waals surface area contributed by atoms with Crippen molar-refractivity contribution in [2.75, 3.05) is 38.6 Å². The molecule has 1 saturated heterocycles. The third kappa shape index (κ3) is 4.26. The molecule has 3 rings (SSSR count). The highest BCUT2D eigenvalue weighted by Crippen LogP contribution is 2.16. The van der Waals surface area contributed by atoms with Crippen molar-refractivity contribution in [2.45, 2.75) is 6.54 Å². The third-order valence-electron chi connectivity index (χ3n) is 4.22. The van der Waals surface area contributed by atoms with Gasteiger partial charge in [-0.05, 0) is 29.8 Å². The zero-order chi connectivity index (χ0) is 16.8. The van der Waals surface area contributed by atoms with Crippen molar-refractivity contribution in [3.63, 3.8) is 0 Å². The van der Waals surface area contributed by atoms with Gasteiger partial charge in [0.05, 0.1) is 7.11 Å². The summed E-state index contributed by atoms with van der Waals surface area (Å²) in [7, 11) is 1.68. The van der Waals surface area contributed by atoms with Gasteiger partial charge in [0.15, 0.2) is 0 Å². The molecule has 2 aromatic rings. The summed E-state index contributed by atoms with van der Waals surface area (Å²) in [6.07, 6.45) is 0. The van der Waals surface area contributed by atoms with Gasteiger partial charge in [-0.2, -0.15) is 0 Å². The molecule has 0 aliphatic carbocycles. The van der Waals surface area contributed by atoms with Gasteiger partial charge in [-0.15, -0.1) is 0 Å². The number of piperazine rings is 1. The van der Waals surface area contributed by atoms with Crippen LogP contribution >= 0.6 is 0 Å². The summed E-state index contributed by atoms with van der Waals surface area (Å²) < 4.78 is 5.27. The smallest absolute Gasteiger partial charge is 0.321 e. The highest BCUT2D eigenvalue weighted by atomic mass is 16.5. The third-order valence-corrected chi connectivity index (χ3v) is 4.22. The van der Waals surface area contributed by atoms with E-state index in [-0.39, 0.29) is 6.03 Å². The molecule has 0 bridgehead atoms. The quantitative estimate of drug-likeness (QED) is 0.940. The second-order valence-corrected chi connectivity index (χ2v) is 5.91. The molecule has 2 amide bonds. The van der Waals surface area contributed by atoms with Crippen molar-refractivity contribution in [3.05, 3.63) is 60.2 Å². The van der Waals surface area contributed by atoms with Crippen LogP contribution in [0.2, 0.25) is 0 Å². The molecule has 0 unspecified atom stereocenters. The molecule has 1 aliphatic rings. The Bertz CT molecular complexity index is 667. The van der Waals surface area contributed by atoms with E-state index in [1.54, 1.807) is 7.11 Å². The van der Waals surface area contributed by atoms with E-state index in [1.165, 1.54) is 5.56 Å². The first kappa shape index (κ1) is 16.3. The van der Waals surface area contributed by atoms with Crippen LogP contribution in [0, 0.1) is 0 Å². The van der Waals surface area contributed by atoms with Gasteiger partial charge in [0.1, 0.15) is 5.75 Å². The van der Waals surface area contributed by atoms with Gasteiger partial charge in [-0.1, -0.05) is 30.3 Å². The zero-order valence-corrected chi connectivity index (χ0v) is 13.9. The van der Waals surface area contributed by atoms with E-state index in [4.69, 9.17) is 4.74 Å². The number of benzene rings is 2. The number of anilines is 1. The summed E-state index contributed by atoms with van der Waals surface area (Å²) in [5.41, 5.74) is 2.07. The molecule has 126 valence electrons. The number of nitrogens with one attached hydrogen (secondary N) is 1. The van der Waals surface area contributed by atoms with E-state index in [9.17, 15) is 4.79 Å². The number of carbonyl (C=O) groups is 1. The van der Waals surface area contributed by atoms with Crippen LogP contribution in [0.3, 0.4) is 0 Å². The molecule has 1 fully saturated rings. The van der Waals surface area contributed by atoms with Crippen LogP contribution in [0.4, 0.5) is 10.5 Å². The molecule has 0 aromatic heterocycles. The van der Waals surface area contributed by atoms with Crippen molar-refractivity contribution in [1.29, 1.82) is 0 Å². The number of urea groups is 1. The first-order valence-electron chi connectivity index (χ1n) is 8.21. The van der Waals surface area contributed by atoms with Crippen LogP contribution in [0.25, 0.3) is 0 Å². The molecule has 1 heterocycles. The average molecular weight is 325 g/mol. The van der Waals surface area contributed by atoms with Gasteiger partial charge < -0.3 is 15.0 Å². The molecule has 0 radical (unpaired) electrons. The maximum atomic E-state index is 12.3. The minimum Gasteiger partial charge on any atom is -0.497 e. The van der Waals surface area contributed by atoms with Gasteiger partial charge in [0, 0.05) is 38.4 Å². The Morgan fingerprint density at radius 3 is 2.50 bits per heavy atom. The van der Waals surface area contributed by atoms with Gasteiger partial charge in [-0.25, -0.2) is 4.79 Å². The van der Waals surface area contributed by atoms with Crippen LogP contribution in [-0.2, 0) is 6.54 Å². The van der Waals surface area contributed by atoms with Crippen LogP contribution in [0.15, 0.2) is 54.6 Å². The second kappa shape index (κ2) is 7.84. The predicted octanol–water partition coefficient (Wildman–Crippen LogP) is 3.04. The van der Waals surface area contributed by atoms with Crippen LogP contribution in [0.1, 0.15) is 5.56 Å². The Hall–Kier alpha value is -2.53. The Labute approximate surface area is 142 Å². The number of para-hydroxylation sites is 1. The fourth-order valence-corrected chi connectivity index (χ4v) is 2.86. The predicted molar refractivity (Wildman–Crippen MR) is 95.3 cm³/mol. The van der Waals surface area contributed by atoms with E-state index >= 15 is 0 Å². The lowest BCUT2D eigenvalue weighted by Crippen LogP contribution is -2.49. The van der Waals surface area contributed by atoms with Crippen LogP contribution in [-0.4, -0.2) is 49.1 Å². The summed E-state index contributed by atoms with van der Waals surface area (Å²) in [4.78, 5) is 16.5. The van der Waals surface area contributed by atoms with Crippen LogP contribution < -0.4 is 10.1 Å². The lowest BCUT2D eigenvalue weighted by molar-refractivity contribution is 0.143. The van der Waals surface area contributed by atoms with E-state index < -0.39 is 0 Å². The lowest BCUT2D eigenvalue weighted by Gasteiger charge is -2.34. The second-order valence-electron chi connectivity index (χ2n) is 5.91. The number of nitrogens with zero attached hydrogens (tertiary/aromatic N) is 2. The van der Waals surface area contributed by atoms with Crippen molar-refractivity contribution in [2.24, 2.45) is 0 Å². The van der Waals surface area contributed by atoms with Crippen LogP contribution in [0.5, 0.6) is 5.75 Å². The molecule has 0 atom stereocenters. The molecule has 2 aromatic carbocycles. The Morgan fingerprint density at radius 1 is 1.04 bits per heavy atom. The summed E-state index contributed by atoms with van der Waals surface area (Å²) in [5.74, 6) is 0.883. The largest absolute Gasteiger partial charge is 0.497 e. The standard InChI is InChI=1S/C19H23N3O2/c1-24-18-9-5-6-16(14-18)15-21-10-12-22(13-11-21)19(23)20-17-7-3-2-4-8-17/h2-9,14H,10-13,15H2,1H3,(H,20,23). The monoisotopic (exact) mass is 325 g/mol. The van der Waals surface area contributed by atoms with E-state index in [1.807, 2.05) is 47.4 Å². The van der Waals surface area contributed by atoms with E-state index in [0.717, 1.165) is 44.2 Å². The maximum Gasteiger partial charge on any atom is 0.321 e. The zero-order valence-electron chi connectivity index (χ0n) is 13.9. The number of carbonyl (C=O) groups excluding carboxylic acids is 1. The van der Waals surface area contributed by atoms with Gasteiger partial charge in [-0.3, -0.25) is 4.90 Å². The number of ether oxygens (including phenoxy) is 1. The fraction of sp³-hybridized carbons (Fsp3) is 0.316. The number of methoxy groups -OCH3 is 1. The van der Waals surface area contributed by atoms with Crippen molar-refractivity contribution >= 4 is 11.7 Å². The first-order chi connectivity index (χ1) is 11.7. The molecular formula is C19H23N3O2. The molecule has 24 heavy (non-hydrogen) atoms. The number of hydrogen-bond acceptors (Lipinski definition) is 3. The van der Waals surface area contributed by atoms with E-state index in [0.29, 0.717) is 0 Å². The SMILES string of the molecule is COc1cccc(CN2CCN(C(=O)Nc3ccccc3)CC2)c1. The average Bonchev–Trinajstić information content (AvgIpc) is 2.63. The number of rotatable bonds is 4. The van der Waals surface area contributed by atoms with Gasteiger partial charge in [0.25, 0.3) is 0 Å². The normalized spacial score (nSPS) is 15.1. The Balaban J connectivity index is 1.49.